The second-order valence-electron chi connectivity index (χ2n) is 3.17. The van der Waals surface area contributed by atoms with E-state index in [0.717, 1.165) is 0 Å². The third-order valence-electron chi connectivity index (χ3n) is 1.97. The molecule has 0 fully saturated rings. The molecule has 0 bridgehead atoms. The van der Waals surface area contributed by atoms with E-state index in [1.165, 1.54) is 19.1 Å². The van der Waals surface area contributed by atoms with Crippen LogP contribution in [0.2, 0.25) is 0 Å². The van der Waals surface area contributed by atoms with Gasteiger partial charge in [0.05, 0.1) is 20.0 Å². The van der Waals surface area contributed by atoms with Gasteiger partial charge < -0.3 is 14.4 Å². The van der Waals surface area contributed by atoms with Crippen LogP contribution in [-0.2, 0) is 0 Å². The molecule has 1 amide bonds. The van der Waals surface area contributed by atoms with E-state index in [9.17, 15) is 4.79 Å². The molecule has 0 aliphatic carbocycles. The average Bonchev–Trinajstić information content (AvgIpc) is 2.26. The third kappa shape index (κ3) is 2.94. The number of ether oxygens (including phenoxy) is 2. The van der Waals surface area contributed by atoms with Gasteiger partial charge in [-0.05, 0) is 5.56 Å². The molecule has 5 heteroatoms. The van der Waals surface area contributed by atoms with E-state index in [1.54, 1.807) is 26.2 Å². The van der Waals surface area contributed by atoms with Crippen molar-refractivity contribution in [1.29, 1.82) is 0 Å². The van der Waals surface area contributed by atoms with Crippen molar-refractivity contribution >= 4 is 5.91 Å². The third-order valence-corrected chi connectivity index (χ3v) is 1.97. The van der Waals surface area contributed by atoms with Crippen LogP contribution >= 0.6 is 0 Å². The SMILES string of the molecule is COc1c[c-]cc(C(=O)N(C)C)c1OC.[Li+]. The fourth-order valence-electron chi connectivity index (χ4n) is 1.23. The number of carbonyl (C=O) groups excluding carboxylic acids is 1. The molecule has 0 aliphatic heterocycles. The molecule has 0 aromatic heterocycles. The summed E-state index contributed by atoms with van der Waals surface area (Å²) in [6.45, 7) is 0. The summed E-state index contributed by atoms with van der Waals surface area (Å²) >= 11 is 0. The minimum atomic E-state index is -0.137. The van der Waals surface area contributed by atoms with Gasteiger partial charge in [0.15, 0.2) is 0 Å². The number of rotatable bonds is 3. The van der Waals surface area contributed by atoms with Gasteiger partial charge >= 0.3 is 18.9 Å². The molecule has 1 rings (SSSR count). The average molecular weight is 215 g/mol. The summed E-state index contributed by atoms with van der Waals surface area (Å²) in [7, 11) is 6.39. The Kier molecular flexibility index (Phi) is 6.02. The van der Waals surface area contributed by atoms with E-state index in [1.807, 2.05) is 0 Å². The molecule has 0 saturated heterocycles. The summed E-state index contributed by atoms with van der Waals surface area (Å²) in [6, 6.07) is 6.06. The normalized spacial score (nSPS) is 9.00. The second-order valence-corrected chi connectivity index (χ2v) is 3.17. The molecule has 1 aromatic carbocycles. The summed E-state index contributed by atoms with van der Waals surface area (Å²) in [5.74, 6) is 0.808. The molecule has 82 valence electrons. The number of nitrogens with zero attached hydrogens (tertiary/aromatic N) is 1. The van der Waals surface area contributed by atoms with Gasteiger partial charge in [-0.1, -0.05) is 0 Å². The molecule has 0 aliphatic rings. The van der Waals surface area contributed by atoms with Crippen molar-refractivity contribution in [2.75, 3.05) is 28.3 Å². The summed E-state index contributed by atoms with van der Waals surface area (Å²) < 4.78 is 10.2. The van der Waals surface area contributed by atoms with Crippen LogP contribution in [0.15, 0.2) is 12.1 Å². The van der Waals surface area contributed by atoms with Crippen LogP contribution < -0.4 is 28.3 Å². The van der Waals surface area contributed by atoms with Crippen molar-refractivity contribution in [3.8, 4) is 11.5 Å². The van der Waals surface area contributed by atoms with E-state index < -0.39 is 0 Å². The molecule has 0 spiro atoms. The number of methoxy groups -OCH3 is 2. The van der Waals surface area contributed by atoms with Gasteiger partial charge in [-0.3, -0.25) is 4.79 Å². The molecule has 4 nitrogen and oxygen atoms in total. The Morgan fingerprint density at radius 2 is 1.88 bits per heavy atom. The van der Waals surface area contributed by atoms with E-state index in [4.69, 9.17) is 9.47 Å². The maximum atomic E-state index is 11.8. The molecular weight excluding hydrogens is 201 g/mol. The van der Waals surface area contributed by atoms with Crippen LogP contribution in [0, 0.1) is 6.07 Å². The molecule has 0 heterocycles. The van der Waals surface area contributed by atoms with Crippen LogP contribution in [-0.4, -0.2) is 39.1 Å². The Balaban J connectivity index is 0.00000225. The maximum absolute atomic E-state index is 11.8. The Bertz CT molecular complexity index is 366. The number of hydrogen-bond acceptors (Lipinski definition) is 3. The monoisotopic (exact) mass is 215 g/mol. The predicted octanol–water partition coefficient (Wildman–Crippen LogP) is -1.79. The van der Waals surface area contributed by atoms with Crippen molar-refractivity contribution in [2.45, 2.75) is 0 Å². The first-order valence-electron chi connectivity index (χ1n) is 4.45. The zero-order chi connectivity index (χ0) is 11.4. The number of benzene rings is 1. The van der Waals surface area contributed by atoms with Crippen molar-refractivity contribution in [1.82, 2.24) is 4.90 Å². The minimum absolute atomic E-state index is 0. The zero-order valence-electron chi connectivity index (χ0n) is 10.3. The van der Waals surface area contributed by atoms with Crippen LogP contribution in [0.3, 0.4) is 0 Å². The largest absolute Gasteiger partial charge is 1.00 e. The standard InChI is InChI=1S/C11H14NO3.Li/c1-12(2)11(13)8-6-5-7-9(14-3)10(8)15-4;/h6-7H,1-4H3;/q-1;+1. The molecule has 16 heavy (non-hydrogen) atoms. The van der Waals surface area contributed by atoms with Gasteiger partial charge in [0.25, 0.3) is 0 Å². The Labute approximate surface area is 108 Å². The van der Waals surface area contributed by atoms with Crippen molar-refractivity contribution in [2.24, 2.45) is 0 Å². The summed E-state index contributed by atoms with van der Waals surface area (Å²) in [5.41, 5.74) is 0.446. The second kappa shape index (κ2) is 6.47. The topological polar surface area (TPSA) is 38.8 Å². The molecular formula is C11H14LiNO3. The first-order valence-corrected chi connectivity index (χ1v) is 4.45. The first-order chi connectivity index (χ1) is 7.11. The quantitative estimate of drug-likeness (QED) is 0.441. The number of amides is 1. The van der Waals surface area contributed by atoms with Gasteiger partial charge in [0, 0.05) is 19.8 Å². The van der Waals surface area contributed by atoms with Crippen LogP contribution in [0.4, 0.5) is 0 Å². The fourth-order valence-corrected chi connectivity index (χ4v) is 1.23. The molecule has 1 aromatic rings. The van der Waals surface area contributed by atoms with Gasteiger partial charge in [0.2, 0.25) is 5.91 Å². The van der Waals surface area contributed by atoms with Gasteiger partial charge in [0.1, 0.15) is 0 Å². The molecule has 0 atom stereocenters. The van der Waals surface area contributed by atoms with E-state index >= 15 is 0 Å². The van der Waals surface area contributed by atoms with Gasteiger partial charge in [-0.2, -0.15) is 12.1 Å². The molecule has 0 radical (unpaired) electrons. The van der Waals surface area contributed by atoms with Crippen molar-refractivity contribution in [3.05, 3.63) is 23.8 Å². The Morgan fingerprint density at radius 3 is 2.31 bits per heavy atom. The van der Waals surface area contributed by atoms with Crippen LogP contribution in [0.5, 0.6) is 11.5 Å². The Hall–Kier alpha value is -1.11. The van der Waals surface area contributed by atoms with Gasteiger partial charge in [-0.25, -0.2) is 0 Å². The maximum Gasteiger partial charge on any atom is 1.00 e. The summed E-state index contributed by atoms with van der Waals surface area (Å²) in [5, 5.41) is 0. The molecule has 0 saturated carbocycles. The molecule has 0 unspecified atom stereocenters. The molecule has 0 N–H and O–H groups in total. The number of hydrogen-bond donors (Lipinski definition) is 0. The number of carbonyl (C=O) groups is 1. The van der Waals surface area contributed by atoms with Crippen molar-refractivity contribution in [3.63, 3.8) is 0 Å². The predicted molar refractivity (Wildman–Crippen MR) is 56.4 cm³/mol. The van der Waals surface area contributed by atoms with Gasteiger partial charge in [-0.15, -0.1) is 6.07 Å². The van der Waals surface area contributed by atoms with Crippen LogP contribution in [0.25, 0.3) is 0 Å². The summed E-state index contributed by atoms with van der Waals surface area (Å²) in [4.78, 5) is 13.2. The van der Waals surface area contributed by atoms with E-state index in [-0.39, 0.29) is 24.8 Å². The van der Waals surface area contributed by atoms with Crippen molar-refractivity contribution < 1.29 is 33.1 Å². The smallest absolute Gasteiger partial charge is 0.551 e. The zero-order valence-corrected chi connectivity index (χ0v) is 10.3. The van der Waals surface area contributed by atoms with E-state index in [0.29, 0.717) is 17.1 Å². The van der Waals surface area contributed by atoms with E-state index in [2.05, 4.69) is 6.07 Å². The summed E-state index contributed by atoms with van der Waals surface area (Å²) in [6.07, 6.45) is 0. The van der Waals surface area contributed by atoms with Crippen LogP contribution in [0.1, 0.15) is 10.4 Å². The fraction of sp³-hybridized carbons (Fsp3) is 0.364. The first kappa shape index (κ1) is 14.9. The Morgan fingerprint density at radius 1 is 1.25 bits per heavy atom. The minimum Gasteiger partial charge on any atom is -0.551 e.